The minimum atomic E-state index is 0.910. The summed E-state index contributed by atoms with van der Waals surface area (Å²) in [5, 5.41) is 7.56. The summed E-state index contributed by atoms with van der Waals surface area (Å²) in [6, 6.07) is 63.8. The molecule has 3 heterocycles. The van der Waals surface area contributed by atoms with Crippen LogP contribution < -0.4 is 4.90 Å². The first-order valence-corrected chi connectivity index (χ1v) is 19.1. The van der Waals surface area contributed by atoms with Gasteiger partial charge in [0, 0.05) is 68.2 Å². The lowest BCUT2D eigenvalue weighted by atomic mass is 9.99. The average molecular weight is 700 g/mol. The summed E-state index contributed by atoms with van der Waals surface area (Å²) in [7, 11) is 0. The predicted octanol–water partition coefficient (Wildman–Crippen LogP) is 15.1. The number of fused-ring (bicyclic) bond motifs is 9. The Morgan fingerprint density at radius 3 is 1.71 bits per heavy atom. The van der Waals surface area contributed by atoms with Gasteiger partial charge in [-0.2, -0.15) is 0 Å². The molecule has 0 amide bonds. The van der Waals surface area contributed by atoms with Gasteiger partial charge in [-0.25, -0.2) is 0 Å². The number of benzene rings is 8. The van der Waals surface area contributed by atoms with Gasteiger partial charge in [0.2, 0.25) is 0 Å². The minimum absolute atomic E-state index is 0.910. The van der Waals surface area contributed by atoms with Gasteiger partial charge in [0.05, 0.1) is 0 Å². The van der Waals surface area contributed by atoms with Gasteiger partial charge in [-0.3, -0.25) is 0 Å². The zero-order valence-corrected chi connectivity index (χ0v) is 29.5. The Balaban J connectivity index is 1.02. The Labute approximate surface area is 308 Å². The molecule has 0 fully saturated rings. The first-order chi connectivity index (χ1) is 25.7. The highest BCUT2D eigenvalue weighted by molar-refractivity contribution is 7.26. The molecule has 4 heteroatoms. The molecule has 0 spiro atoms. The van der Waals surface area contributed by atoms with Gasteiger partial charge >= 0.3 is 0 Å². The Bertz CT molecular complexity index is 3130. The van der Waals surface area contributed by atoms with Crippen molar-refractivity contribution in [2.45, 2.75) is 0 Å². The molecule has 11 aromatic rings. The van der Waals surface area contributed by atoms with Crippen molar-refractivity contribution in [2.75, 3.05) is 4.90 Å². The highest BCUT2D eigenvalue weighted by Crippen LogP contribution is 2.43. The first kappa shape index (κ1) is 29.5. The van der Waals surface area contributed by atoms with Crippen molar-refractivity contribution in [2.24, 2.45) is 0 Å². The fourth-order valence-electron chi connectivity index (χ4n) is 7.81. The molecule has 2 nitrogen and oxygen atoms in total. The highest BCUT2D eigenvalue weighted by Gasteiger charge is 2.17. The van der Waals surface area contributed by atoms with E-state index in [4.69, 9.17) is 4.42 Å². The summed E-state index contributed by atoms with van der Waals surface area (Å²) in [5.41, 5.74) is 9.95. The van der Waals surface area contributed by atoms with Gasteiger partial charge in [-0.15, -0.1) is 22.7 Å². The second-order valence-electron chi connectivity index (χ2n) is 13.3. The number of thiophene rings is 2. The zero-order chi connectivity index (χ0) is 34.2. The number of anilines is 3. The normalized spacial score (nSPS) is 11.8. The van der Waals surface area contributed by atoms with E-state index in [1.165, 1.54) is 51.5 Å². The summed E-state index contributed by atoms with van der Waals surface area (Å²) in [4.78, 5) is 2.38. The van der Waals surface area contributed by atoms with Crippen LogP contribution in [-0.2, 0) is 0 Å². The number of furan rings is 1. The quantitative estimate of drug-likeness (QED) is 0.178. The van der Waals surface area contributed by atoms with E-state index >= 15 is 0 Å². The largest absolute Gasteiger partial charge is 0.456 e. The monoisotopic (exact) mass is 699 g/mol. The second kappa shape index (κ2) is 11.7. The average Bonchev–Trinajstić information content (AvgIpc) is 3.89. The third-order valence-corrected chi connectivity index (χ3v) is 12.6. The molecule has 3 aromatic heterocycles. The molecule has 0 atom stereocenters. The van der Waals surface area contributed by atoms with Gasteiger partial charge in [-0.1, -0.05) is 103 Å². The topological polar surface area (TPSA) is 16.4 Å². The summed E-state index contributed by atoms with van der Waals surface area (Å²) in [5.74, 6) is 0. The van der Waals surface area contributed by atoms with Crippen LogP contribution in [0.2, 0.25) is 0 Å². The van der Waals surface area contributed by atoms with Crippen LogP contribution in [0.4, 0.5) is 17.1 Å². The lowest BCUT2D eigenvalue weighted by molar-refractivity contribution is 0.669. The first-order valence-electron chi connectivity index (χ1n) is 17.5. The molecule has 52 heavy (non-hydrogen) atoms. The minimum Gasteiger partial charge on any atom is -0.456 e. The molecule has 0 radical (unpaired) electrons. The van der Waals surface area contributed by atoms with Crippen molar-refractivity contribution in [3.8, 4) is 22.3 Å². The number of hydrogen-bond acceptors (Lipinski definition) is 4. The summed E-state index contributed by atoms with van der Waals surface area (Å²) >= 11 is 3.72. The van der Waals surface area contributed by atoms with Crippen molar-refractivity contribution in [3.63, 3.8) is 0 Å². The van der Waals surface area contributed by atoms with E-state index in [2.05, 4.69) is 169 Å². The molecule has 0 N–H and O–H groups in total. The van der Waals surface area contributed by atoms with Crippen molar-refractivity contribution >= 4 is 102 Å². The summed E-state index contributed by atoms with van der Waals surface area (Å²) < 4.78 is 11.5. The van der Waals surface area contributed by atoms with E-state index in [-0.39, 0.29) is 0 Å². The Morgan fingerprint density at radius 1 is 0.346 bits per heavy atom. The van der Waals surface area contributed by atoms with E-state index in [0.717, 1.165) is 50.1 Å². The highest BCUT2D eigenvalue weighted by atomic mass is 32.1. The standard InChI is InChI=1S/C48H29NOS2/c1-4-12-42-37(8-1)38-26-20-32(28-43(38)50-42)30-16-21-33(22-17-30)49(35-25-27-40-39-9-2-5-13-44(39)52-47(40)29-35)34-23-18-31(19-24-34)36-11-7-15-46-48(36)41-10-3-6-14-45(41)51-46/h1-29H. The van der Waals surface area contributed by atoms with Crippen LogP contribution in [0.5, 0.6) is 0 Å². The molecule has 0 bridgehead atoms. The summed E-state index contributed by atoms with van der Waals surface area (Å²) in [6.45, 7) is 0. The van der Waals surface area contributed by atoms with E-state index < -0.39 is 0 Å². The molecule has 11 rings (SSSR count). The van der Waals surface area contributed by atoms with Crippen molar-refractivity contribution in [1.82, 2.24) is 0 Å². The lowest BCUT2D eigenvalue weighted by Crippen LogP contribution is -2.09. The van der Waals surface area contributed by atoms with Gasteiger partial charge < -0.3 is 9.32 Å². The van der Waals surface area contributed by atoms with Crippen LogP contribution in [0.3, 0.4) is 0 Å². The van der Waals surface area contributed by atoms with Crippen LogP contribution in [0.15, 0.2) is 180 Å². The molecular weight excluding hydrogens is 671 g/mol. The number of nitrogens with zero attached hydrogens (tertiary/aromatic N) is 1. The van der Waals surface area contributed by atoms with E-state index in [1.54, 1.807) is 0 Å². The van der Waals surface area contributed by atoms with E-state index in [1.807, 2.05) is 34.8 Å². The Hall–Kier alpha value is -6.20. The fourth-order valence-corrected chi connectivity index (χ4v) is 10.1. The molecule has 0 saturated heterocycles. The maximum Gasteiger partial charge on any atom is 0.136 e. The van der Waals surface area contributed by atoms with Crippen molar-refractivity contribution in [3.05, 3.63) is 176 Å². The van der Waals surface area contributed by atoms with Crippen LogP contribution in [-0.4, -0.2) is 0 Å². The zero-order valence-electron chi connectivity index (χ0n) is 27.9. The maximum absolute atomic E-state index is 6.22. The maximum atomic E-state index is 6.22. The Kier molecular flexibility index (Phi) is 6.63. The SMILES string of the molecule is c1ccc2c(c1)oc1cc(-c3ccc(N(c4ccc(-c5cccc6sc7ccccc7c56)cc4)c4ccc5c(c4)sc4ccccc45)cc3)ccc12. The molecule has 244 valence electrons. The molecule has 0 aliphatic carbocycles. The van der Waals surface area contributed by atoms with Gasteiger partial charge in [0.15, 0.2) is 0 Å². The van der Waals surface area contributed by atoms with Gasteiger partial charge in [-0.05, 0) is 95.1 Å². The van der Waals surface area contributed by atoms with E-state index in [0.29, 0.717) is 0 Å². The molecular formula is C48H29NOS2. The van der Waals surface area contributed by atoms with Crippen LogP contribution >= 0.6 is 22.7 Å². The number of rotatable bonds is 5. The van der Waals surface area contributed by atoms with Crippen molar-refractivity contribution < 1.29 is 4.42 Å². The smallest absolute Gasteiger partial charge is 0.136 e. The molecule has 0 saturated carbocycles. The molecule has 0 unspecified atom stereocenters. The summed E-state index contributed by atoms with van der Waals surface area (Å²) in [6.07, 6.45) is 0. The fraction of sp³-hybridized carbons (Fsp3) is 0. The number of para-hydroxylation sites is 1. The van der Waals surface area contributed by atoms with Crippen LogP contribution in [0.1, 0.15) is 0 Å². The predicted molar refractivity (Wildman–Crippen MR) is 225 cm³/mol. The van der Waals surface area contributed by atoms with Crippen molar-refractivity contribution in [1.29, 1.82) is 0 Å². The van der Waals surface area contributed by atoms with Crippen LogP contribution in [0, 0.1) is 0 Å². The van der Waals surface area contributed by atoms with Gasteiger partial charge in [0.1, 0.15) is 11.2 Å². The second-order valence-corrected chi connectivity index (χ2v) is 15.5. The van der Waals surface area contributed by atoms with Gasteiger partial charge in [0.25, 0.3) is 0 Å². The number of hydrogen-bond donors (Lipinski definition) is 0. The van der Waals surface area contributed by atoms with Crippen LogP contribution in [0.25, 0.3) is 84.5 Å². The molecule has 0 aliphatic heterocycles. The third kappa shape index (κ3) is 4.69. The molecule has 0 aliphatic rings. The Morgan fingerprint density at radius 2 is 0.904 bits per heavy atom. The third-order valence-electron chi connectivity index (χ3n) is 10.3. The van der Waals surface area contributed by atoms with E-state index in [9.17, 15) is 0 Å². The molecule has 8 aromatic carbocycles. The lowest BCUT2D eigenvalue weighted by Gasteiger charge is -2.26.